The van der Waals surface area contributed by atoms with E-state index < -0.39 is 0 Å². The number of fused-ring (bicyclic) bond motifs is 5. The lowest BCUT2D eigenvalue weighted by Gasteiger charge is -2.32. The molecule has 8 rings (SSSR count). The number of rotatable bonds is 3. The van der Waals surface area contributed by atoms with Gasteiger partial charge < -0.3 is 9.64 Å². The Kier molecular flexibility index (Phi) is 5.10. The summed E-state index contributed by atoms with van der Waals surface area (Å²) in [4.78, 5) is 12.5. The average Bonchev–Trinajstić information content (AvgIpc) is 3.03. The summed E-state index contributed by atoms with van der Waals surface area (Å²) in [7, 11) is 0. The maximum atomic E-state index is 6.19. The van der Waals surface area contributed by atoms with Crippen molar-refractivity contribution in [2.24, 2.45) is 0 Å². The lowest BCUT2D eigenvalue weighted by atomic mass is 10.0. The Labute approximate surface area is 231 Å². The minimum absolute atomic E-state index is 0.706. The average molecular weight is 514 g/mol. The molecule has 0 radical (unpaired) electrons. The number of aromatic nitrogens is 2. The molecule has 0 atom stereocenters. The number of para-hydroxylation sites is 4. The SMILES string of the molecule is c1ccc(-c2nc(-c3ccc(N4c5ccccc5Oc5ccccc54)cc3)nc3c2ccc2ccccc23)cc1. The van der Waals surface area contributed by atoms with E-state index in [9.17, 15) is 0 Å². The third-order valence-electron chi connectivity index (χ3n) is 7.45. The van der Waals surface area contributed by atoms with Crippen LogP contribution in [-0.2, 0) is 0 Å². The van der Waals surface area contributed by atoms with Gasteiger partial charge in [-0.2, -0.15) is 0 Å². The van der Waals surface area contributed by atoms with Crippen LogP contribution in [0, 0.1) is 0 Å². The van der Waals surface area contributed by atoms with Gasteiger partial charge in [-0.3, -0.25) is 0 Å². The third-order valence-corrected chi connectivity index (χ3v) is 7.45. The van der Waals surface area contributed by atoms with Crippen molar-refractivity contribution in [3.63, 3.8) is 0 Å². The summed E-state index contributed by atoms with van der Waals surface area (Å²) in [6.45, 7) is 0. The second kappa shape index (κ2) is 9.07. The van der Waals surface area contributed by atoms with E-state index >= 15 is 0 Å². The van der Waals surface area contributed by atoms with E-state index in [2.05, 4.69) is 102 Å². The summed E-state index contributed by atoms with van der Waals surface area (Å²) >= 11 is 0. The van der Waals surface area contributed by atoms with Crippen molar-refractivity contribution in [3.05, 3.63) is 140 Å². The lowest BCUT2D eigenvalue weighted by Crippen LogP contribution is -2.15. The van der Waals surface area contributed by atoms with Crippen molar-refractivity contribution in [1.29, 1.82) is 0 Å². The molecule has 0 N–H and O–H groups in total. The monoisotopic (exact) mass is 513 g/mol. The predicted octanol–water partition coefficient (Wildman–Crippen LogP) is 9.69. The van der Waals surface area contributed by atoms with Crippen LogP contribution in [-0.4, -0.2) is 9.97 Å². The van der Waals surface area contributed by atoms with Gasteiger partial charge in [-0.15, -0.1) is 0 Å². The lowest BCUT2D eigenvalue weighted by molar-refractivity contribution is 0.477. The van der Waals surface area contributed by atoms with Crippen molar-refractivity contribution >= 4 is 38.7 Å². The normalized spacial score (nSPS) is 12.2. The largest absolute Gasteiger partial charge is 0.453 e. The summed E-state index contributed by atoms with van der Waals surface area (Å²) < 4.78 is 6.19. The van der Waals surface area contributed by atoms with Crippen molar-refractivity contribution in [1.82, 2.24) is 9.97 Å². The van der Waals surface area contributed by atoms with Crippen LogP contribution in [0.2, 0.25) is 0 Å². The highest BCUT2D eigenvalue weighted by Gasteiger charge is 2.25. The second-order valence-corrected chi connectivity index (χ2v) is 9.86. The molecule has 40 heavy (non-hydrogen) atoms. The van der Waals surface area contributed by atoms with Crippen molar-refractivity contribution in [3.8, 4) is 34.1 Å². The Morgan fingerprint density at radius 3 is 1.88 bits per heavy atom. The second-order valence-electron chi connectivity index (χ2n) is 9.86. The summed E-state index contributed by atoms with van der Waals surface area (Å²) in [5.41, 5.74) is 6.99. The van der Waals surface area contributed by atoms with Crippen LogP contribution in [0.1, 0.15) is 0 Å². The van der Waals surface area contributed by atoms with Gasteiger partial charge in [0, 0.05) is 27.6 Å². The maximum absolute atomic E-state index is 6.19. The first-order valence-electron chi connectivity index (χ1n) is 13.3. The first-order valence-corrected chi connectivity index (χ1v) is 13.3. The first-order chi connectivity index (χ1) is 19.8. The summed E-state index contributed by atoms with van der Waals surface area (Å²) in [5.74, 6) is 2.38. The minimum Gasteiger partial charge on any atom is -0.453 e. The summed E-state index contributed by atoms with van der Waals surface area (Å²) in [6, 6.07) is 47.8. The van der Waals surface area contributed by atoms with Gasteiger partial charge in [0.2, 0.25) is 0 Å². The van der Waals surface area contributed by atoms with Crippen LogP contribution in [0.3, 0.4) is 0 Å². The number of benzene rings is 6. The fourth-order valence-electron chi connectivity index (χ4n) is 5.55. The molecule has 1 aliphatic rings. The number of hydrogen-bond acceptors (Lipinski definition) is 4. The fraction of sp³-hybridized carbons (Fsp3) is 0. The number of nitrogens with zero attached hydrogens (tertiary/aromatic N) is 3. The highest BCUT2D eigenvalue weighted by atomic mass is 16.5. The quantitative estimate of drug-likeness (QED) is 0.220. The van der Waals surface area contributed by atoms with Gasteiger partial charge in [0.25, 0.3) is 0 Å². The highest BCUT2D eigenvalue weighted by molar-refractivity contribution is 6.09. The summed E-state index contributed by atoms with van der Waals surface area (Å²) in [5, 5.41) is 3.34. The van der Waals surface area contributed by atoms with E-state index in [4.69, 9.17) is 14.7 Å². The Hall–Kier alpha value is -5.48. The van der Waals surface area contributed by atoms with Crippen LogP contribution in [0.15, 0.2) is 140 Å². The van der Waals surface area contributed by atoms with Crippen LogP contribution in [0.25, 0.3) is 44.3 Å². The molecule has 2 heterocycles. The van der Waals surface area contributed by atoms with E-state index in [0.29, 0.717) is 5.82 Å². The Morgan fingerprint density at radius 1 is 0.475 bits per heavy atom. The topological polar surface area (TPSA) is 38.2 Å². The van der Waals surface area contributed by atoms with Gasteiger partial charge in [0.15, 0.2) is 17.3 Å². The molecule has 0 saturated heterocycles. The van der Waals surface area contributed by atoms with Crippen molar-refractivity contribution in [2.75, 3.05) is 4.90 Å². The van der Waals surface area contributed by atoms with E-state index in [1.807, 2.05) is 42.5 Å². The smallest absolute Gasteiger partial charge is 0.160 e. The van der Waals surface area contributed by atoms with E-state index in [1.165, 1.54) is 5.39 Å². The molecule has 0 spiro atoms. The third kappa shape index (κ3) is 3.62. The van der Waals surface area contributed by atoms with Crippen LogP contribution in [0.5, 0.6) is 11.5 Å². The van der Waals surface area contributed by atoms with Crippen LogP contribution in [0.4, 0.5) is 17.1 Å². The highest BCUT2D eigenvalue weighted by Crippen LogP contribution is 2.50. The van der Waals surface area contributed by atoms with E-state index in [0.717, 1.165) is 61.7 Å². The zero-order valence-electron chi connectivity index (χ0n) is 21.5. The molecule has 1 aromatic heterocycles. The van der Waals surface area contributed by atoms with Gasteiger partial charge in [0.05, 0.1) is 22.6 Å². The first kappa shape index (κ1) is 22.5. The maximum Gasteiger partial charge on any atom is 0.160 e. The zero-order chi connectivity index (χ0) is 26.5. The van der Waals surface area contributed by atoms with Gasteiger partial charge in [-0.1, -0.05) is 84.9 Å². The van der Waals surface area contributed by atoms with Gasteiger partial charge >= 0.3 is 0 Å². The standard InChI is InChI=1S/C36H23N3O/c1-2-11-25(12-3-1)34-29-23-20-24-10-4-5-13-28(24)35(29)38-36(37-34)26-18-21-27(22-19-26)39-30-14-6-8-16-32(30)40-33-17-9-7-15-31(33)39/h1-23H. The van der Waals surface area contributed by atoms with E-state index in [-0.39, 0.29) is 0 Å². The van der Waals surface area contributed by atoms with Crippen LogP contribution >= 0.6 is 0 Å². The number of anilines is 3. The molecule has 0 fully saturated rings. The molecule has 0 bridgehead atoms. The number of hydrogen-bond donors (Lipinski definition) is 0. The van der Waals surface area contributed by atoms with Gasteiger partial charge in [-0.25, -0.2) is 9.97 Å². The molecular formula is C36H23N3O. The minimum atomic E-state index is 0.706. The van der Waals surface area contributed by atoms with Crippen molar-refractivity contribution in [2.45, 2.75) is 0 Å². The molecule has 7 aromatic rings. The molecule has 0 saturated carbocycles. The molecular weight excluding hydrogens is 490 g/mol. The predicted molar refractivity (Wildman–Crippen MR) is 163 cm³/mol. The Balaban J connectivity index is 1.29. The van der Waals surface area contributed by atoms with Crippen LogP contribution < -0.4 is 9.64 Å². The fourth-order valence-corrected chi connectivity index (χ4v) is 5.55. The molecule has 0 unspecified atom stereocenters. The Morgan fingerprint density at radius 2 is 1.12 bits per heavy atom. The van der Waals surface area contributed by atoms with Gasteiger partial charge in [-0.05, 0) is 60.0 Å². The summed E-state index contributed by atoms with van der Waals surface area (Å²) in [6.07, 6.45) is 0. The Bertz CT molecular complexity index is 1990. The zero-order valence-corrected chi connectivity index (χ0v) is 21.5. The molecule has 4 heteroatoms. The molecule has 188 valence electrons. The van der Waals surface area contributed by atoms with Crippen molar-refractivity contribution < 1.29 is 4.74 Å². The van der Waals surface area contributed by atoms with Gasteiger partial charge in [0.1, 0.15) is 0 Å². The number of ether oxygens (including phenoxy) is 1. The molecule has 4 nitrogen and oxygen atoms in total. The molecule has 0 amide bonds. The van der Waals surface area contributed by atoms with E-state index in [1.54, 1.807) is 0 Å². The molecule has 0 aliphatic carbocycles. The molecule has 6 aromatic carbocycles. The molecule has 1 aliphatic heterocycles.